The van der Waals surface area contributed by atoms with Gasteiger partial charge in [-0.15, -0.1) is 0 Å². The zero-order chi connectivity index (χ0) is 15.0. The third-order valence-corrected chi connectivity index (χ3v) is 5.84. The van der Waals surface area contributed by atoms with Crippen LogP contribution in [0.4, 0.5) is 0 Å². The summed E-state index contributed by atoms with van der Waals surface area (Å²) in [7, 11) is -3.47. The lowest BCUT2D eigenvalue weighted by Gasteiger charge is -2.23. The quantitative estimate of drug-likeness (QED) is 0.762. The summed E-state index contributed by atoms with van der Waals surface area (Å²) in [6.45, 7) is 5.23. The highest BCUT2D eigenvalue weighted by molar-refractivity contribution is 7.89. The molecule has 2 aliphatic rings. The third-order valence-electron chi connectivity index (χ3n) is 3.90. The highest BCUT2D eigenvalue weighted by Gasteiger charge is 2.40. The highest BCUT2D eigenvalue weighted by Crippen LogP contribution is 2.33. The van der Waals surface area contributed by atoms with Crippen molar-refractivity contribution in [2.75, 3.05) is 6.54 Å². The molecule has 2 fully saturated rings. The number of aromatic amines is 1. The minimum Gasteiger partial charge on any atom is -0.310 e. The summed E-state index contributed by atoms with van der Waals surface area (Å²) in [4.78, 5) is 0. The van der Waals surface area contributed by atoms with Crippen molar-refractivity contribution in [1.29, 1.82) is 0 Å². The van der Waals surface area contributed by atoms with Crippen LogP contribution in [0.5, 0.6) is 0 Å². The lowest BCUT2D eigenvalue weighted by atomic mass is 10.2. The van der Waals surface area contributed by atoms with Crippen molar-refractivity contribution in [2.24, 2.45) is 5.92 Å². The second kappa shape index (κ2) is 5.70. The Morgan fingerprint density at radius 2 is 2.10 bits per heavy atom. The van der Waals surface area contributed by atoms with Crippen molar-refractivity contribution in [3.63, 3.8) is 0 Å². The SMILES string of the molecule is CC(C)CN(C1CC1)S(=O)(=O)c1[nH]ncc1CNC1CC1. The first-order valence-electron chi connectivity index (χ1n) is 7.76. The summed E-state index contributed by atoms with van der Waals surface area (Å²) >= 11 is 0. The fraction of sp³-hybridized carbons (Fsp3) is 0.786. The second-order valence-corrected chi connectivity index (χ2v) is 8.41. The molecule has 2 N–H and O–H groups in total. The molecular weight excluding hydrogens is 288 g/mol. The fourth-order valence-electron chi connectivity index (χ4n) is 2.47. The van der Waals surface area contributed by atoms with E-state index in [9.17, 15) is 8.42 Å². The maximum absolute atomic E-state index is 12.9. The molecule has 0 unspecified atom stereocenters. The topological polar surface area (TPSA) is 78.1 Å². The van der Waals surface area contributed by atoms with Crippen LogP contribution in [0.1, 0.15) is 45.1 Å². The zero-order valence-corrected chi connectivity index (χ0v) is 13.5. The van der Waals surface area contributed by atoms with E-state index in [0.29, 0.717) is 25.0 Å². The van der Waals surface area contributed by atoms with Crippen molar-refractivity contribution >= 4 is 10.0 Å². The molecule has 1 aromatic rings. The van der Waals surface area contributed by atoms with E-state index in [2.05, 4.69) is 15.5 Å². The summed E-state index contributed by atoms with van der Waals surface area (Å²) in [6.07, 6.45) is 5.93. The molecule has 0 amide bonds. The van der Waals surface area contributed by atoms with Gasteiger partial charge < -0.3 is 5.32 Å². The molecule has 0 aromatic carbocycles. The Labute approximate surface area is 126 Å². The van der Waals surface area contributed by atoms with Gasteiger partial charge in [0.15, 0.2) is 5.03 Å². The maximum atomic E-state index is 12.9. The lowest BCUT2D eigenvalue weighted by molar-refractivity contribution is 0.358. The van der Waals surface area contributed by atoms with Crippen LogP contribution < -0.4 is 5.32 Å². The molecule has 3 rings (SSSR count). The van der Waals surface area contributed by atoms with Gasteiger partial charge in [0.1, 0.15) is 0 Å². The molecule has 0 radical (unpaired) electrons. The number of H-pyrrole nitrogens is 1. The molecule has 0 atom stereocenters. The van der Waals surface area contributed by atoms with E-state index in [0.717, 1.165) is 18.4 Å². The molecule has 0 saturated heterocycles. The van der Waals surface area contributed by atoms with E-state index in [4.69, 9.17) is 0 Å². The van der Waals surface area contributed by atoms with Crippen LogP contribution in [0.15, 0.2) is 11.2 Å². The molecule has 0 spiro atoms. The molecule has 6 nitrogen and oxygen atoms in total. The van der Waals surface area contributed by atoms with Gasteiger partial charge >= 0.3 is 0 Å². The maximum Gasteiger partial charge on any atom is 0.260 e. The van der Waals surface area contributed by atoms with Crippen molar-refractivity contribution in [2.45, 2.75) is 63.2 Å². The number of nitrogens with one attached hydrogen (secondary N) is 2. The first-order valence-corrected chi connectivity index (χ1v) is 9.20. The average molecular weight is 312 g/mol. The van der Waals surface area contributed by atoms with E-state index in [1.807, 2.05) is 13.8 Å². The van der Waals surface area contributed by atoms with Crippen LogP contribution in [0.25, 0.3) is 0 Å². The highest BCUT2D eigenvalue weighted by atomic mass is 32.2. The first kappa shape index (κ1) is 15.0. The molecule has 21 heavy (non-hydrogen) atoms. The molecule has 0 aliphatic heterocycles. The Kier molecular flexibility index (Phi) is 4.07. The number of sulfonamides is 1. The van der Waals surface area contributed by atoms with Crippen molar-refractivity contribution in [3.8, 4) is 0 Å². The van der Waals surface area contributed by atoms with Gasteiger partial charge in [-0.1, -0.05) is 13.8 Å². The smallest absolute Gasteiger partial charge is 0.260 e. The number of hydrogen-bond acceptors (Lipinski definition) is 4. The summed E-state index contributed by atoms with van der Waals surface area (Å²) in [5.41, 5.74) is 0.747. The van der Waals surface area contributed by atoms with E-state index >= 15 is 0 Å². The predicted molar refractivity (Wildman–Crippen MR) is 80.2 cm³/mol. The Bertz CT molecular complexity index is 588. The van der Waals surface area contributed by atoms with E-state index in [1.165, 1.54) is 12.8 Å². The van der Waals surface area contributed by atoms with Gasteiger partial charge in [-0.3, -0.25) is 5.10 Å². The van der Waals surface area contributed by atoms with Crippen LogP contribution in [0, 0.1) is 5.92 Å². The Morgan fingerprint density at radius 1 is 1.38 bits per heavy atom. The predicted octanol–water partition coefficient (Wildman–Crippen LogP) is 1.47. The standard InChI is InChI=1S/C14H24N4O2S/c1-10(2)9-18(13-5-6-13)21(19,20)14-11(8-16-17-14)7-15-12-3-4-12/h8,10,12-13,15H,3-7,9H2,1-2H3,(H,16,17). The summed E-state index contributed by atoms with van der Waals surface area (Å²) in [5, 5.41) is 10.3. The average Bonchev–Trinajstić information content (AvgIpc) is 3.33. The summed E-state index contributed by atoms with van der Waals surface area (Å²) < 4.78 is 27.5. The van der Waals surface area contributed by atoms with Crippen LogP contribution in [0.2, 0.25) is 0 Å². The van der Waals surface area contributed by atoms with Crippen LogP contribution in [-0.4, -0.2) is 41.5 Å². The normalized spacial score (nSPS) is 19.6. The van der Waals surface area contributed by atoms with Crippen molar-refractivity contribution < 1.29 is 8.42 Å². The largest absolute Gasteiger partial charge is 0.310 e. The summed E-state index contributed by atoms with van der Waals surface area (Å²) in [6, 6.07) is 0.718. The zero-order valence-electron chi connectivity index (χ0n) is 12.7. The van der Waals surface area contributed by atoms with Gasteiger partial charge in [-0.05, 0) is 31.6 Å². The number of aromatic nitrogens is 2. The molecule has 2 saturated carbocycles. The van der Waals surface area contributed by atoms with Gasteiger partial charge in [0.05, 0.1) is 6.20 Å². The van der Waals surface area contributed by atoms with Crippen molar-refractivity contribution in [1.82, 2.24) is 19.8 Å². The Balaban J connectivity index is 1.80. The van der Waals surface area contributed by atoms with Gasteiger partial charge in [-0.25, -0.2) is 8.42 Å². The number of hydrogen-bond donors (Lipinski definition) is 2. The van der Waals surface area contributed by atoms with Gasteiger partial charge in [0.25, 0.3) is 10.0 Å². The van der Waals surface area contributed by atoms with E-state index < -0.39 is 10.0 Å². The van der Waals surface area contributed by atoms with Gasteiger partial charge in [0.2, 0.25) is 0 Å². The Hall–Kier alpha value is -0.920. The molecule has 2 aliphatic carbocycles. The molecule has 7 heteroatoms. The monoisotopic (exact) mass is 312 g/mol. The molecule has 1 heterocycles. The number of rotatable bonds is 8. The lowest BCUT2D eigenvalue weighted by Crippen LogP contribution is -2.37. The molecule has 0 bridgehead atoms. The molecule has 1 aromatic heterocycles. The van der Waals surface area contributed by atoms with E-state index in [1.54, 1.807) is 10.5 Å². The Morgan fingerprint density at radius 3 is 2.67 bits per heavy atom. The minimum absolute atomic E-state index is 0.171. The van der Waals surface area contributed by atoms with Crippen LogP contribution >= 0.6 is 0 Å². The second-order valence-electron chi connectivity index (χ2n) is 6.58. The fourth-order valence-corrected chi connectivity index (χ4v) is 4.43. The van der Waals surface area contributed by atoms with Crippen LogP contribution in [-0.2, 0) is 16.6 Å². The third kappa shape index (κ3) is 3.46. The van der Waals surface area contributed by atoms with Gasteiger partial charge in [-0.2, -0.15) is 9.40 Å². The van der Waals surface area contributed by atoms with Gasteiger partial charge in [0, 0.05) is 30.7 Å². The first-order chi connectivity index (χ1) is 9.98. The minimum atomic E-state index is -3.47. The number of nitrogens with zero attached hydrogens (tertiary/aromatic N) is 2. The van der Waals surface area contributed by atoms with Crippen molar-refractivity contribution in [3.05, 3.63) is 11.8 Å². The summed E-state index contributed by atoms with van der Waals surface area (Å²) in [5.74, 6) is 0.316. The van der Waals surface area contributed by atoms with E-state index in [-0.39, 0.29) is 11.1 Å². The van der Waals surface area contributed by atoms with Crippen LogP contribution in [0.3, 0.4) is 0 Å². The molecule has 118 valence electrons. The molecular formula is C14H24N4O2S.